The highest BCUT2D eigenvalue weighted by Crippen LogP contribution is 2.51. The van der Waals surface area contributed by atoms with Crippen molar-refractivity contribution >= 4 is 17.6 Å². The molecular formula is C21H28ClNO5. The van der Waals surface area contributed by atoms with Crippen LogP contribution in [0.3, 0.4) is 0 Å². The van der Waals surface area contributed by atoms with Gasteiger partial charge < -0.3 is 23.8 Å². The minimum atomic E-state index is -0.770. The number of hydrogen-bond acceptors (Lipinski definition) is 6. The van der Waals surface area contributed by atoms with Gasteiger partial charge in [0.25, 0.3) is 5.79 Å². The predicted octanol–water partition coefficient (Wildman–Crippen LogP) is 3.67. The van der Waals surface area contributed by atoms with Crippen molar-refractivity contribution in [2.24, 2.45) is 11.8 Å². The fourth-order valence-electron chi connectivity index (χ4n) is 4.57. The molecule has 3 heterocycles. The van der Waals surface area contributed by atoms with Crippen molar-refractivity contribution < 1.29 is 23.7 Å². The molecule has 0 aromatic heterocycles. The molecule has 2 fully saturated rings. The molecular weight excluding hydrogens is 382 g/mol. The Labute approximate surface area is 171 Å². The van der Waals surface area contributed by atoms with Crippen LogP contribution in [0.1, 0.15) is 42.1 Å². The molecule has 6 nitrogen and oxygen atoms in total. The third-order valence-electron chi connectivity index (χ3n) is 6.32. The number of piperidine rings is 1. The molecule has 154 valence electrons. The number of ether oxygens (including phenoxy) is 4. The molecule has 2 unspecified atom stereocenters. The summed E-state index contributed by atoms with van der Waals surface area (Å²) in [6.07, 6.45) is 3.16. The number of nitrogens with zero attached hydrogens (tertiary/aromatic N) is 1. The monoisotopic (exact) mass is 409 g/mol. The van der Waals surface area contributed by atoms with Crippen molar-refractivity contribution in [3.63, 3.8) is 0 Å². The first kappa shape index (κ1) is 19.8. The number of carbonyl (C=O) groups excluding carboxylic acids is 1. The second-order valence-corrected chi connectivity index (χ2v) is 8.61. The average Bonchev–Trinajstić information content (AvgIpc) is 3.33. The highest BCUT2D eigenvalue weighted by Gasteiger charge is 2.47. The van der Waals surface area contributed by atoms with Crippen molar-refractivity contribution in [2.45, 2.75) is 38.9 Å². The number of hydrogen-bond donors (Lipinski definition) is 0. The number of carbonyl (C=O) groups is 1. The van der Waals surface area contributed by atoms with E-state index in [4.69, 9.17) is 30.5 Å². The fraction of sp³-hybridized carbons (Fsp3) is 0.667. The van der Waals surface area contributed by atoms with Gasteiger partial charge in [0.05, 0.1) is 24.3 Å². The molecule has 0 spiro atoms. The third kappa shape index (κ3) is 3.58. The predicted molar refractivity (Wildman–Crippen MR) is 105 cm³/mol. The van der Waals surface area contributed by atoms with Crippen molar-refractivity contribution in [3.05, 3.63) is 22.2 Å². The molecule has 0 radical (unpaired) electrons. The summed E-state index contributed by atoms with van der Waals surface area (Å²) in [5, 5.41) is 0.378. The van der Waals surface area contributed by atoms with Gasteiger partial charge >= 0.3 is 5.97 Å². The fourth-order valence-corrected chi connectivity index (χ4v) is 4.80. The van der Waals surface area contributed by atoms with Gasteiger partial charge in [-0.25, -0.2) is 4.79 Å². The van der Waals surface area contributed by atoms with Gasteiger partial charge in [-0.1, -0.05) is 11.6 Å². The number of halogens is 1. The highest BCUT2D eigenvalue weighted by molar-refractivity contribution is 6.32. The van der Waals surface area contributed by atoms with Gasteiger partial charge in [0.1, 0.15) is 0 Å². The van der Waals surface area contributed by atoms with Crippen molar-refractivity contribution in [2.75, 3.05) is 40.0 Å². The Kier molecular flexibility index (Phi) is 5.47. The smallest absolute Gasteiger partial charge is 0.338 e. The van der Waals surface area contributed by atoms with Crippen molar-refractivity contribution in [1.29, 1.82) is 0 Å². The van der Waals surface area contributed by atoms with Crippen molar-refractivity contribution in [3.8, 4) is 11.5 Å². The molecule has 0 aliphatic carbocycles. The Balaban J connectivity index is 1.45. The lowest BCUT2D eigenvalue weighted by atomic mass is 9.88. The van der Waals surface area contributed by atoms with Crippen LogP contribution >= 0.6 is 11.6 Å². The molecule has 3 aliphatic rings. The lowest BCUT2D eigenvalue weighted by Gasteiger charge is -2.39. The summed E-state index contributed by atoms with van der Waals surface area (Å²) in [4.78, 5) is 14.6. The summed E-state index contributed by atoms with van der Waals surface area (Å²) >= 11 is 6.40. The van der Waals surface area contributed by atoms with Crippen LogP contribution in [0.4, 0.5) is 0 Å². The van der Waals surface area contributed by atoms with Crippen LogP contribution in [0.2, 0.25) is 5.02 Å². The molecule has 0 bridgehead atoms. The number of fused-ring (bicyclic) bond motifs is 1. The maximum absolute atomic E-state index is 12.0. The molecule has 7 heteroatoms. The molecule has 4 rings (SSSR count). The first-order valence-electron chi connectivity index (χ1n) is 10.0. The normalized spacial score (nSPS) is 27.9. The van der Waals surface area contributed by atoms with Gasteiger partial charge in [-0.2, -0.15) is 0 Å². The Morgan fingerprint density at radius 3 is 2.64 bits per heavy atom. The van der Waals surface area contributed by atoms with E-state index in [0.29, 0.717) is 33.6 Å². The minimum Gasteiger partial charge on any atom is -0.465 e. The van der Waals surface area contributed by atoms with E-state index in [1.54, 1.807) is 6.07 Å². The zero-order valence-corrected chi connectivity index (χ0v) is 17.5. The van der Waals surface area contributed by atoms with E-state index in [-0.39, 0.29) is 5.92 Å². The van der Waals surface area contributed by atoms with E-state index >= 15 is 0 Å². The average molecular weight is 410 g/mol. The van der Waals surface area contributed by atoms with Crippen LogP contribution in [0, 0.1) is 18.8 Å². The maximum atomic E-state index is 12.0. The Bertz CT molecular complexity index is 756. The second kappa shape index (κ2) is 7.73. The molecule has 0 amide bonds. The topological polar surface area (TPSA) is 57.2 Å². The van der Waals surface area contributed by atoms with E-state index in [1.807, 2.05) is 13.8 Å². The van der Waals surface area contributed by atoms with E-state index in [1.165, 1.54) is 13.5 Å². The molecule has 3 aliphatic heterocycles. The van der Waals surface area contributed by atoms with Crippen LogP contribution in [-0.2, 0) is 9.47 Å². The van der Waals surface area contributed by atoms with Gasteiger partial charge in [0, 0.05) is 31.6 Å². The highest BCUT2D eigenvalue weighted by atomic mass is 35.5. The van der Waals surface area contributed by atoms with Gasteiger partial charge in [0.15, 0.2) is 11.5 Å². The van der Waals surface area contributed by atoms with Crippen molar-refractivity contribution in [1.82, 2.24) is 4.90 Å². The summed E-state index contributed by atoms with van der Waals surface area (Å²) in [5.41, 5.74) is 1.11. The lowest BCUT2D eigenvalue weighted by molar-refractivity contribution is -0.125. The van der Waals surface area contributed by atoms with E-state index in [9.17, 15) is 4.79 Å². The SMILES string of the molecule is COC(=O)c1cc(Cl)c2c(c1C)OC(C)(C1CCN(CC3CCOC3)CC1)O2. The van der Waals surface area contributed by atoms with Gasteiger partial charge in [-0.3, -0.25) is 0 Å². The number of methoxy groups -OCH3 is 1. The Morgan fingerprint density at radius 1 is 1.29 bits per heavy atom. The minimum absolute atomic E-state index is 0.257. The molecule has 0 N–H and O–H groups in total. The first-order valence-corrected chi connectivity index (χ1v) is 10.4. The maximum Gasteiger partial charge on any atom is 0.338 e. The number of likely N-dealkylation sites (tertiary alicyclic amines) is 1. The van der Waals surface area contributed by atoms with Crippen LogP contribution in [0.5, 0.6) is 11.5 Å². The number of esters is 1. The summed E-state index contributed by atoms with van der Waals surface area (Å²) in [6, 6.07) is 1.60. The molecule has 1 aromatic rings. The Morgan fingerprint density at radius 2 is 2.00 bits per heavy atom. The Hall–Kier alpha value is -1.50. The molecule has 28 heavy (non-hydrogen) atoms. The molecule has 1 aromatic carbocycles. The van der Waals surface area contributed by atoms with E-state index in [0.717, 1.165) is 45.7 Å². The van der Waals surface area contributed by atoms with E-state index < -0.39 is 11.8 Å². The summed E-state index contributed by atoms with van der Waals surface area (Å²) in [7, 11) is 1.36. The molecule has 0 saturated carbocycles. The number of rotatable bonds is 4. The van der Waals surface area contributed by atoms with Crippen LogP contribution in [-0.4, -0.2) is 56.6 Å². The van der Waals surface area contributed by atoms with E-state index in [2.05, 4.69) is 4.90 Å². The summed E-state index contributed by atoms with van der Waals surface area (Å²) < 4.78 is 22.9. The van der Waals surface area contributed by atoms with Gasteiger partial charge in [-0.05, 0) is 51.3 Å². The lowest BCUT2D eigenvalue weighted by Crippen LogP contribution is -2.49. The third-order valence-corrected chi connectivity index (χ3v) is 6.60. The molecule has 2 atom stereocenters. The van der Waals surface area contributed by atoms with Crippen LogP contribution in [0.25, 0.3) is 0 Å². The zero-order chi connectivity index (χ0) is 19.9. The van der Waals surface area contributed by atoms with Crippen LogP contribution in [0.15, 0.2) is 6.07 Å². The summed E-state index contributed by atoms with van der Waals surface area (Å²) in [5.74, 6) is 0.805. The zero-order valence-electron chi connectivity index (χ0n) is 16.8. The summed E-state index contributed by atoms with van der Waals surface area (Å²) in [6.45, 7) is 8.76. The quantitative estimate of drug-likeness (QED) is 0.707. The standard InChI is InChI=1S/C21H28ClNO5/c1-13-16(20(24)25-3)10-17(22)19-18(13)27-21(2,28-19)15-4-7-23(8-5-15)11-14-6-9-26-12-14/h10,14-15H,4-9,11-12H2,1-3H3. The van der Waals surface area contributed by atoms with Gasteiger partial charge in [-0.15, -0.1) is 0 Å². The van der Waals surface area contributed by atoms with Crippen LogP contribution < -0.4 is 9.47 Å². The second-order valence-electron chi connectivity index (χ2n) is 8.21. The first-order chi connectivity index (χ1) is 13.4. The molecule has 2 saturated heterocycles. The van der Waals surface area contributed by atoms with Gasteiger partial charge in [0.2, 0.25) is 0 Å². The number of benzene rings is 1. The largest absolute Gasteiger partial charge is 0.465 e.